The van der Waals surface area contributed by atoms with Crippen LogP contribution in [-0.2, 0) is 25.6 Å². The number of nitrogens with one attached hydrogen (secondary N) is 3. The fourth-order valence-corrected chi connectivity index (χ4v) is 9.51. The predicted octanol–water partition coefficient (Wildman–Crippen LogP) is 6.68. The van der Waals surface area contributed by atoms with Gasteiger partial charge in [-0.25, -0.2) is 9.97 Å². The number of anilines is 2. The minimum Gasteiger partial charge on any atom is -0.393 e. The number of pyridine rings is 1. The van der Waals surface area contributed by atoms with E-state index in [4.69, 9.17) is 9.47 Å². The average Bonchev–Trinajstić information content (AvgIpc) is 3.85. The zero-order chi connectivity index (χ0) is 45.6. The van der Waals surface area contributed by atoms with Gasteiger partial charge in [-0.1, -0.05) is 24.3 Å². The molecule has 0 radical (unpaired) electrons. The molecule has 350 valence electrons. The van der Waals surface area contributed by atoms with Crippen LogP contribution in [0.3, 0.4) is 0 Å². The van der Waals surface area contributed by atoms with E-state index >= 15 is 0 Å². The largest absolute Gasteiger partial charge is 0.393 e. The third-order valence-electron chi connectivity index (χ3n) is 13.0. The zero-order valence-electron chi connectivity index (χ0n) is 36.9. The van der Waals surface area contributed by atoms with E-state index in [2.05, 4.69) is 81.8 Å². The van der Waals surface area contributed by atoms with Gasteiger partial charge in [-0.3, -0.25) is 24.7 Å². The molecule has 18 heteroatoms. The van der Waals surface area contributed by atoms with Gasteiger partial charge < -0.3 is 34.3 Å². The minimum absolute atomic E-state index is 0.132. The second-order valence-electron chi connectivity index (χ2n) is 17.5. The van der Waals surface area contributed by atoms with Crippen molar-refractivity contribution in [3.8, 4) is 11.1 Å². The molecule has 2 amide bonds. The van der Waals surface area contributed by atoms with Crippen molar-refractivity contribution in [2.45, 2.75) is 75.9 Å². The number of amides is 2. The Morgan fingerprint density at radius 1 is 0.803 bits per heavy atom. The van der Waals surface area contributed by atoms with Crippen LogP contribution in [0.1, 0.15) is 62.6 Å². The second kappa shape index (κ2) is 20.5. The summed E-state index contributed by atoms with van der Waals surface area (Å²) < 4.78 is 54.2. The van der Waals surface area contributed by atoms with E-state index in [0.29, 0.717) is 64.3 Å². The Kier molecular flexibility index (Phi) is 14.1. The highest BCUT2D eigenvalue weighted by Crippen LogP contribution is 2.38. The number of aliphatic hydroxyl groups excluding tert-OH is 1. The number of ether oxygens (including phenoxy) is 2. The molecule has 2 saturated heterocycles. The molecule has 1 saturated carbocycles. The highest BCUT2D eigenvalue weighted by Gasteiger charge is 2.31. The van der Waals surface area contributed by atoms with E-state index in [1.54, 1.807) is 12.4 Å². The average molecular weight is 911 g/mol. The summed E-state index contributed by atoms with van der Waals surface area (Å²) in [5, 5.41) is 21.6. The highest BCUT2D eigenvalue weighted by molar-refractivity contribution is 6.09. The van der Waals surface area contributed by atoms with Gasteiger partial charge in [-0.2, -0.15) is 18.2 Å². The lowest BCUT2D eigenvalue weighted by Gasteiger charge is -2.34. The number of fused-ring (bicyclic) bond motifs is 4. The molecule has 0 spiro atoms. The van der Waals surface area contributed by atoms with Crippen molar-refractivity contribution >= 4 is 56.4 Å². The number of aromatic nitrogens is 5. The van der Waals surface area contributed by atoms with Gasteiger partial charge in [0.2, 0.25) is 17.8 Å². The molecule has 15 nitrogen and oxygen atoms in total. The van der Waals surface area contributed by atoms with Crippen LogP contribution in [-0.4, -0.2) is 135 Å². The van der Waals surface area contributed by atoms with Crippen molar-refractivity contribution in [3.63, 3.8) is 0 Å². The van der Waals surface area contributed by atoms with Crippen LogP contribution in [0.15, 0.2) is 73.2 Å². The van der Waals surface area contributed by atoms with Crippen LogP contribution in [0.5, 0.6) is 0 Å². The van der Waals surface area contributed by atoms with Gasteiger partial charge in [0.1, 0.15) is 17.3 Å². The molecule has 2 aliphatic heterocycles. The van der Waals surface area contributed by atoms with E-state index in [1.807, 2.05) is 28.8 Å². The summed E-state index contributed by atoms with van der Waals surface area (Å²) in [6, 6.07) is 18.1. The van der Waals surface area contributed by atoms with E-state index in [-0.39, 0.29) is 36.5 Å². The third kappa shape index (κ3) is 10.8. The number of hydrogen-bond donors (Lipinski definition) is 4. The molecule has 6 aromatic rings. The quantitative estimate of drug-likeness (QED) is 0.0535. The molecule has 4 aromatic heterocycles. The summed E-state index contributed by atoms with van der Waals surface area (Å²) in [7, 11) is 0. The lowest BCUT2D eigenvalue weighted by Crippen LogP contribution is -2.46. The number of carbonyl (C=O) groups excluding carboxylic acids is 2. The first-order valence-corrected chi connectivity index (χ1v) is 23.1. The molecule has 1 atom stereocenters. The third-order valence-corrected chi connectivity index (χ3v) is 13.0. The van der Waals surface area contributed by atoms with E-state index in [1.165, 1.54) is 5.56 Å². The Hall–Kier alpha value is -5.66. The first-order chi connectivity index (χ1) is 32.1. The number of benzene rings is 2. The number of halogens is 3. The zero-order valence-corrected chi connectivity index (χ0v) is 36.9. The number of imide groups is 1. The molecule has 3 fully saturated rings. The second-order valence-corrected chi connectivity index (χ2v) is 17.5. The van der Waals surface area contributed by atoms with Gasteiger partial charge in [0, 0.05) is 111 Å². The van der Waals surface area contributed by atoms with Crippen LogP contribution in [0.4, 0.5) is 24.8 Å². The highest BCUT2D eigenvalue weighted by atomic mass is 19.4. The van der Waals surface area contributed by atoms with Crippen molar-refractivity contribution in [1.82, 2.24) is 39.2 Å². The summed E-state index contributed by atoms with van der Waals surface area (Å²) in [5.74, 6) is -0.369. The number of piperidine rings is 1. The molecule has 6 heterocycles. The molecule has 1 unspecified atom stereocenters. The summed E-state index contributed by atoms with van der Waals surface area (Å²) in [6.45, 7) is 8.09. The van der Waals surface area contributed by atoms with Gasteiger partial charge in [0.15, 0.2) is 0 Å². The predicted molar refractivity (Wildman–Crippen MR) is 246 cm³/mol. The number of nitrogens with zero attached hydrogens (tertiary/aromatic N) is 7. The maximum absolute atomic E-state index is 12.8. The number of alkyl halides is 3. The number of rotatable bonds is 18. The summed E-state index contributed by atoms with van der Waals surface area (Å²) >= 11 is 0. The first-order valence-electron chi connectivity index (χ1n) is 23.1. The minimum atomic E-state index is -4.26. The molecule has 4 N–H and O–H groups in total. The van der Waals surface area contributed by atoms with Gasteiger partial charge in [-0.15, -0.1) is 0 Å². The van der Waals surface area contributed by atoms with Gasteiger partial charge in [0.05, 0.1) is 44.5 Å². The van der Waals surface area contributed by atoms with Crippen LogP contribution in [0.2, 0.25) is 0 Å². The van der Waals surface area contributed by atoms with Crippen LogP contribution < -0.4 is 16.0 Å². The van der Waals surface area contributed by atoms with Gasteiger partial charge in [-0.05, 0) is 73.6 Å². The Labute approximate surface area is 380 Å². The Morgan fingerprint density at radius 3 is 2.35 bits per heavy atom. The Bertz CT molecular complexity index is 2620. The molecule has 66 heavy (non-hydrogen) atoms. The Morgan fingerprint density at radius 2 is 1.58 bits per heavy atom. The van der Waals surface area contributed by atoms with Crippen molar-refractivity contribution in [2.75, 3.05) is 82.9 Å². The smallest absolute Gasteiger partial charge is 0.390 e. The van der Waals surface area contributed by atoms with Crippen molar-refractivity contribution in [3.05, 3.63) is 78.8 Å². The monoisotopic (exact) mass is 910 g/mol. The number of carbonyl (C=O) groups is 2. The number of piperazine rings is 1. The fraction of sp³-hybridized carbons (Fsp3) is 0.479. The molecule has 3 aliphatic rings. The van der Waals surface area contributed by atoms with Gasteiger partial charge in [0.25, 0.3) is 0 Å². The maximum atomic E-state index is 12.8. The topological polar surface area (TPSA) is 164 Å². The van der Waals surface area contributed by atoms with E-state index < -0.39 is 18.6 Å². The fourth-order valence-electron chi connectivity index (χ4n) is 9.51. The molecule has 2 aromatic carbocycles. The maximum Gasteiger partial charge on any atom is 0.390 e. The van der Waals surface area contributed by atoms with Crippen molar-refractivity contribution in [1.29, 1.82) is 0 Å². The standard InChI is InChI=1S/C48H57F3N10O5/c49-48(50,51)15-17-54-47-55-29-39-40(31-60(45(39)57-47)35-8-10-36(62)11-9-35)33-5-3-32(4-6-33)30-59-21-19-58(20-22-59)23-25-66-27-26-65-24-18-52-34-7-12-41-38(28-34)37-2-1-16-53-44(37)61(41)42-13-14-43(63)56-46(42)64/h1-7,12,16,28-29,31,35-36,42,52,62H,8-11,13-15,17-27,30H2,(H,54,55,57)(H,56,63,64)/t35-,36-,42?. The molecule has 1 aliphatic carbocycles. The summed E-state index contributed by atoms with van der Waals surface area (Å²) in [6.07, 6.45) is 3.68. The SMILES string of the molecule is O=C1CCC(n2c3ccc(NCCOCCOCCN4CCN(Cc5ccc(-c6cn([C@H]7CC[C@H](O)CC7)c7nc(NCCC(F)(F)F)ncc67)cc5)CC4)cc3c3cccnc32)C(=O)N1. The summed E-state index contributed by atoms with van der Waals surface area (Å²) in [5.41, 5.74) is 6.47. The molecule has 0 bridgehead atoms. The van der Waals surface area contributed by atoms with Crippen LogP contribution >= 0.6 is 0 Å². The van der Waals surface area contributed by atoms with Crippen molar-refractivity contribution < 1.29 is 37.3 Å². The Balaban J connectivity index is 0.687. The van der Waals surface area contributed by atoms with E-state index in [0.717, 1.165) is 96.2 Å². The van der Waals surface area contributed by atoms with Crippen LogP contribution in [0, 0.1) is 0 Å². The summed E-state index contributed by atoms with van der Waals surface area (Å²) in [4.78, 5) is 43.1. The lowest BCUT2D eigenvalue weighted by atomic mass is 9.93. The molecular formula is C48H57F3N10O5. The number of aliphatic hydroxyl groups is 1. The first kappa shape index (κ1) is 45.5. The van der Waals surface area contributed by atoms with E-state index in [9.17, 15) is 27.9 Å². The van der Waals surface area contributed by atoms with Crippen LogP contribution in [0.25, 0.3) is 44.1 Å². The lowest BCUT2D eigenvalue weighted by molar-refractivity contribution is -0.135. The normalized spacial score (nSPS) is 20.1. The van der Waals surface area contributed by atoms with Crippen molar-refractivity contribution in [2.24, 2.45) is 0 Å². The molecule has 9 rings (SSSR count). The number of hydrogen-bond acceptors (Lipinski definition) is 12. The van der Waals surface area contributed by atoms with Gasteiger partial charge >= 0.3 is 6.18 Å². The molecular weight excluding hydrogens is 854 g/mol.